The van der Waals surface area contributed by atoms with Crippen LogP contribution in [-0.2, 0) is 9.53 Å². The Morgan fingerprint density at radius 1 is 1.17 bits per heavy atom. The minimum absolute atomic E-state index is 0.127. The summed E-state index contributed by atoms with van der Waals surface area (Å²) < 4.78 is 9.90. The zero-order valence-electron chi connectivity index (χ0n) is 14.1. The van der Waals surface area contributed by atoms with Gasteiger partial charge in [-0.05, 0) is 37.3 Å². The highest BCUT2D eigenvalue weighted by Gasteiger charge is 2.28. The summed E-state index contributed by atoms with van der Waals surface area (Å²) in [7, 11) is 0. The molecule has 1 aromatic heterocycles. The van der Waals surface area contributed by atoms with Crippen LogP contribution in [0.4, 0.5) is 0 Å². The van der Waals surface area contributed by atoms with Crippen molar-refractivity contribution in [2.45, 2.75) is 32.6 Å². The monoisotopic (exact) mass is 336 g/mol. The van der Waals surface area contributed by atoms with E-state index in [0.717, 1.165) is 25.8 Å². The van der Waals surface area contributed by atoms with Crippen molar-refractivity contribution in [1.82, 2.24) is 20.1 Å². The first kappa shape index (κ1) is 16.9. The van der Waals surface area contributed by atoms with Crippen molar-refractivity contribution in [2.24, 2.45) is 5.92 Å². The molecular weight excluding hydrogens is 312 g/mol. The summed E-state index contributed by atoms with van der Waals surface area (Å²) in [4.78, 5) is 28.4. The third kappa shape index (κ3) is 3.92. The topological polar surface area (TPSA) is 88.8 Å². The van der Waals surface area contributed by atoms with E-state index in [0.29, 0.717) is 56.6 Å². The van der Waals surface area contributed by atoms with Crippen LogP contribution in [0.25, 0.3) is 0 Å². The number of piperidine rings is 1. The molecule has 0 saturated carbocycles. The van der Waals surface area contributed by atoms with E-state index in [9.17, 15) is 9.59 Å². The van der Waals surface area contributed by atoms with Crippen molar-refractivity contribution in [1.29, 1.82) is 0 Å². The third-order valence-electron chi connectivity index (χ3n) is 4.79. The molecule has 132 valence electrons. The summed E-state index contributed by atoms with van der Waals surface area (Å²) in [6.45, 7) is 5.73. The third-order valence-corrected chi connectivity index (χ3v) is 4.79. The Labute approximate surface area is 141 Å². The minimum atomic E-state index is -0.127. The van der Waals surface area contributed by atoms with Gasteiger partial charge in [0.1, 0.15) is 5.69 Å². The van der Waals surface area contributed by atoms with Crippen molar-refractivity contribution in [3.05, 3.63) is 11.4 Å². The van der Waals surface area contributed by atoms with E-state index < -0.39 is 0 Å². The van der Waals surface area contributed by atoms with Gasteiger partial charge >= 0.3 is 0 Å². The van der Waals surface area contributed by atoms with Crippen LogP contribution in [0.3, 0.4) is 0 Å². The highest BCUT2D eigenvalue weighted by atomic mass is 16.6. The number of ether oxygens (including phenoxy) is 1. The molecule has 2 aliphatic heterocycles. The average molecular weight is 336 g/mol. The maximum Gasteiger partial charge on any atom is 0.278 e. The number of carbonyl (C=O) groups excluding carboxylic acids is 2. The fraction of sp³-hybridized carbons (Fsp3) is 0.750. The lowest BCUT2D eigenvalue weighted by atomic mass is 9.93. The van der Waals surface area contributed by atoms with Crippen LogP contribution in [0.15, 0.2) is 4.63 Å². The molecule has 3 rings (SSSR count). The largest absolute Gasteiger partial charge is 0.378 e. The maximum absolute atomic E-state index is 12.5. The number of amides is 2. The quantitative estimate of drug-likeness (QED) is 0.810. The zero-order chi connectivity index (χ0) is 16.9. The Kier molecular flexibility index (Phi) is 5.44. The van der Waals surface area contributed by atoms with E-state index in [2.05, 4.69) is 14.9 Å². The minimum Gasteiger partial charge on any atom is -0.378 e. The van der Waals surface area contributed by atoms with Gasteiger partial charge in [-0.15, -0.1) is 0 Å². The van der Waals surface area contributed by atoms with Crippen LogP contribution in [0, 0.1) is 12.8 Å². The number of hydrogen-bond acceptors (Lipinski definition) is 6. The van der Waals surface area contributed by atoms with Gasteiger partial charge in [0, 0.05) is 32.6 Å². The van der Waals surface area contributed by atoms with E-state index in [4.69, 9.17) is 4.74 Å². The number of nitrogens with zero attached hydrogens (tertiary/aromatic N) is 4. The van der Waals surface area contributed by atoms with Gasteiger partial charge in [0.25, 0.3) is 5.91 Å². The molecule has 0 unspecified atom stereocenters. The fourth-order valence-corrected chi connectivity index (χ4v) is 3.36. The molecule has 2 saturated heterocycles. The highest BCUT2D eigenvalue weighted by Crippen LogP contribution is 2.23. The molecule has 2 aliphatic rings. The Bertz CT molecular complexity index is 582. The SMILES string of the molecule is Cc1nonc1C(=O)N1CCC[C@H](CCC(=O)N2CCOCC2)C1. The first-order valence-corrected chi connectivity index (χ1v) is 8.59. The molecule has 1 aromatic rings. The second-order valence-electron chi connectivity index (χ2n) is 6.49. The van der Waals surface area contributed by atoms with Crippen molar-refractivity contribution in [3.8, 4) is 0 Å². The second kappa shape index (κ2) is 7.74. The van der Waals surface area contributed by atoms with Gasteiger partial charge in [-0.3, -0.25) is 9.59 Å². The zero-order valence-corrected chi connectivity index (χ0v) is 14.1. The summed E-state index contributed by atoms with van der Waals surface area (Å²) in [6, 6.07) is 0. The van der Waals surface area contributed by atoms with E-state index in [1.165, 1.54) is 0 Å². The predicted octanol–water partition coefficient (Wildman–Crippen LogP) is 0.869. The summed E-state index contributed by atoms with van der Waals surface area (Å²) >= 11 is 0. The van der Waals surface area contributed by atoms with Crippen LogP contribution in [0.1, 0.15) is 41.9 Å². The summed E-state index contributed by atoms with van der Waals surface area (Å²) in [5, 5.41) is 7.37. The molecule has 0 aliphatic carbocycles. The Morgan fingerprint density at radius 2 is 1.96 bits per heavy atom. The van der Waals surface area contributed by atoms with Crippen LogP contribution in [0.5, 0.6) is 0 Å². The predicted molar refractivity (Wildman–Crippen MR) is 84.3 cm³/mol. The first-order valence-electron chi connectivity index (χ1n) is 8.59. The lowest BCUT2D eigenvalue weighted by Gasteiger charge is -2.33. The number of likely N-dealkylation sites (tertiary alicyclic amines) is 1. The van der Waals surface area contributed by atoms with Crippen molar-refractivity contribution in [2.75, 3.05) is 39.4 Å². The molecule has 2 amide bonds. The number of aromatic nitrogens is 2. The molecule has 0 spiro atoms. The molecule has 24 heavy (non-hydrogen) atoms. The number of morpholine rings is 1. The van der Waals surface area contributed by atoms with Gasteiger partial charge in [0.2, 0.25) is 5.91 Å². The van der Waals surface area contributed by atoms with Crippen LogP contribution in [-0.4, -0.2) is 71.3 Å². The van der Waals surface area contributed by atoms with Gasteiger partial charge in [0.05, 0.1) is 13.2 Å². The maximum atomic E-state index is 12.5. The summed E-state index contributed by atoms with van der Waals surface area (Å²) in [5.74, 6) is 0.420. The molecule has 8 heteroatoms. The molecule has 0 bridgehead atoms. The van der Waals surface area contributed by atoms with Crippen molar-refractivity contribution in [3.63, 3.8) is 0 Å². The fourth-order valence-electron chi connectivity index (χ4n) is 3.36. The van der Waals surface area contributed by atoms with E-state index in [-0.39, 0.29) is 11.8 Å². The normalized spacial score (nSPS) is 21.8. The molecule has 8 nitrogen and oxygen atoms in total. The van der Waals surface area contributed by atoms with E-state index >= 15 is 0 Å². The Balaban J connectivity index is 1.49. The summed E-state index contributed by atoms with van der Waals surface area (Å²) in [6.07, 6.45) is 3.36. The molecular formula is C16H24N4O4. The molecule has 1 atom stereocenters. The van der Waals surface area contributed by atoms with Crippen molar-refractivity contribution < 1.29 is 19.0 Å². The number of carbonyl (C=O) groups is 2. The standard InChI is InChI=1S/C16H24N4O4/c1-12-15(18-24-17-12)16(22)20-6-2-3-13(11-20)4-5-14(21)19-7-9-23-10-8-19/h13H,2-11H2,1H3/t13-/m1/s1. The second-order valence-corrected chi connectivity index (χ2v) is 6.49. The highest BCUT2D eigenvalue weighted by molar-refractivity contribution is 5.93. The Hall–Kier alpha value is -1.96. The lowest BCUT2D eigenvalue weighted by molar-refractivity contribution is -0.135. The molecule has 3 heterocycles. The number of hydrogen-bond donors (Lipinski definition) is 0. The smallest absolute Gasteiger partial charge is 0.278 e. The van der Waals surface area contributed by atoms with Crippen molar-refractivity contribution >= 4 is 11.8 Å². The van der Waals surface area contributed by atoms with Crippen LogP contribution < -0.4 is 0 Å². The van der Waals surface area contributed by atoms with Gasteiger partial charge in [-0.25, -0.2) is 4.63 Å². The molecule has 2 fully saturated rings. The lowest BCUT2D eigenvalue weighted by Crippen LogP contribution is -2.42. The van der Waals surface area contributed by atoms with E-state index in [1.807, 2.05) is 4.90 Å². The van der Waals surface area contributed by atoms with Gasteiger partial charge in [0.15, 0.2) is 5.69 Å². The van der Waals surface area contributed by atoms with Crippen LogP contribution >= 0.6 is 0 Å². The molecule has 0 radical (unpaired) electrons. The summed E-state index contributed by atoms with van der Waals surface area (Å²) in [5.41, 5.74) is 0.810. The van der Waals surface area contributed by atoms with Gasteiger partial charge in [-0.2, -0.15) is 0 Å². The number of rotatable bonds is 4. The molecule has 0 aromatic carbocycles. The van der Waals surface area contributed by atoms with Gasteiger partial charge in [-0.1, -0.05) is 5.16 Å². The Morgan fingerprint density at radius 3 is 2.67 bits per heavy atom. The van der Waals surface area contributed by atoms with Crippen LogP contribution in [0.2, 0.25) is 0 Å². The van der Waals surface area contributed by atoms with Gasteiger partial charge < -0.3 is 14.5 Å². The number of aryl methyl sites for hydroxylation is 1. The average Bonchev–Trinajstić information content (AvgIpc) is 3.06. The molecule has 0 N–H and O–H groups in total. The van der Waals surface area contributed by atoms with E-state index in [1.54, 1.807) is 11.8 Å². The first-order chi connectivity index (χ1) is 11.6.